The number of benzene rings is 2. The van der Waals surface area contributed by atoms with E-state index in [4.69, 9.17) is 9.47 Å². The third kappa shape index (κ3) is 5.05. The molecule has 0 saturated carbocycles. The average Bonchev–Trinajstić information content (AvgIpc) is 3.15. The van der Waals surface area contributed by atoms with Crippen LogP contribution in [0.15, 0.2) is 46.9 Å². The standard InChI is InChI=1S/C19H18BrN3O3S/c1-3-12-4-9-16(15(20)10-12)26-11-17(24)21-19-23-22-18(27-19)13-5-7-14(25-2)8-6-13/h4-10H,3,11H2,1-2H3,(H,21,23,24). The first-order valence-electron chi connectivity index (χ1n) is 8.28. The second-order valence-electron chi connectivity index (χ2n) is 5.60. The van der Waals surface area contributed by atoms with Crippen LogP contribution in [0.25, 0.3) is 10.6 Å². The number of amides is 1. The Morgan fingerprint density at radius 2 is 1.96 bits per heavy atom. The Labute approximate surface area is 169 Å². The Balaban J connectivity index is 1.57. The van der Waals surface area contributed by atoms with Gasteiger partial charge in [0.25, 0.3) is 5.91 Å². The van der Waals surface area contributed by atoms with Crippen molar-refractivity contribution < 1.29 is 14.3 Å². The summed E-state index contributed by atoms with van der Waals surface area (Å²) in [5, 5.41) is 12.0. The number of hydrogen-bond acceptors (Lipinski definition) is 6. The second kappa shape index (κ2) is 8.96. The van der Waals surface area contributed by atoms with E-state index >= 15 is 0 Å². The first-order chi connectivity index (χ1) is 13.1. The lowest BCUT2D eigenvalue weighted by Gasteiger charge is -2.08. The molecule has 1 amide bonds. The number of nitrogens with one attached hydrogen (secondary N) is 1. The molecule has 0 aliphatic carbocycles. The molecule has 0 unspecified atom stereocenters. The summed E-state index contributed by atoms with van der Waals surface area (Å²) in [6.45, 7) is 1.97. The van der Waals surface area contributed by atoms with E-state index in [-0.39, 0.29) is 12.5 Å². The number of hydrogen-bond donors (Lipinski definition) is 1. The van der Waals surface area contributed by atoms with Gasteiger partial charge >= 0.3 is 0 Å². The predicted octanol–water partition coefficient (Wildman–Crippen LogP) is 4.56. The molecule has 3 aromatic rings. The van der Waals surface area contributed by atoms with Crippen LogP contribution >= 0.6 is 27.3 Å². The molecular weight excluding hydrogens is 430 g/mol. The maximum absolute atomic E-state index is 12.1. The van der Waals surface area contributed by atoms with Gasteiger partial charge in [0.05, 0.1) is 11.6 Å². The SMILES string of the molecule is CCc1ccc(OCC(=O)Nc2nnc(-c3ccc(OC)cc3)s2)c(Br)c1. The number of anilines is 1. The molecule has 8 heteroatoms. The largest absolute Gasteiger partial charge is 0.497 e. The van der Waals surface area contributed by atoms with Gasteiger partial charge in [-0.2, -0.15) is 0 Å². The number of aromatic nitrogens is 2. The maximum atomic E-state index is 12.1. The minimum absolute atomic E-state index is 0.110. The van der Waals surface area contributed by atoms with Gasteiger partial charge < -0.3 is 9.47 Å². The lowest BCUT2D eigenvalue weighted by molar-refractivity contribution is -0.118. The molecule has 140 valence electrons. The molecule has 0 spiro atoms. The fourth-order valence-corrected chi connectivity index (χ4v) is 3.61. The number of nitrogens with zero attached hydrogens (tertiary/aromatic N) is 2. The average molecular weight is 448 g/mol. The molecule has 2 aromatic carbocycles. The lowest BCUT2D eigenvalue weighted by Crippen LogP contribution is -2.20. The number of carbonyl (C=O) groups is 1. The van der Waals surface area contributed by atoms with Crippen molar-refractivity contribution in [1.82, 2.24) is 10.2 Å². The van der Waals surface area contributed by atoms with Crippen LogP contribution in [0, 0.1) is 0 Å². The van der Waals surface area contributed by atoms with E-state index in [1.54, 1.807) is 7.11 Å². The molecule has 0 fully saturated rings. The molecule has 0 saturated heterocycles. The highest BCUT2D eigenvalue weighted by Crippen LogP contribution is 2.28. The van der Waals surface area contributed by atoms with E-state index < -0.39 is 0 Å². The number of ether oxygens (including phenoxy) is 2. The van der Waals surface area contributed by atoms with Crippen molar-refractivity contribution in [1.29, 1.82) is 0 Å². The summed E-state index contributed by atoms with van der Waals surface area (Å²) in [6.07, 6.45) is 0.937. The summed E-state index contributed by atoms with van der Waals surface area (Å²) in [7, 11) is 1.62. The van der Waals surface area contributed by atoms with Crippen LogP contribution in [0.3, 0.4) is 0 Å². The van der Waals surface area contributed by atoms with Gasteiger partial charge in [-0.05, 0) is 64.3 Å². The van der Waals surface area contributed by atoms with E-state index in [1.807, 2.05) is 42.5 Å². The van der Waals surface area contributed by atoms with Crippen LogP contribution in [-0.2, 0) is 11.2 Å². The molecule has 6 nitrogen and oxygen atoms in total. The normalized spacial score (nSPS) is 10.5. The van der Waals surface area contributed by atoms with Crippen molar-refractivity contribution in [2.24, 2.45) is 0 Å². The van der Waals surface area contributed by atoms with E-state index in [2.05, 4.69) is 38.4 Å². The number of halogens is 1. The number of methoxy groups -OCH3 is 1. The van der Waals surface area contributed by atoms with Crippen molar-refractivity contribution in [3.63, 3.8) is 0 Å². The third-order valence-corrected chi connectivity index (χ3v) is 5.28. The third-order valence-electron chi connectivity index (χ3n) is 3.77. The zero-order valence-electron chi connectivity index (χ0n) is 14.9. The fourth-order valence-electron chi connectivity index (χ4n) is 2.30. The van der Waals surface area contributed by atoms with E-state index in [9.17, 15) is 4.79 Å². The molecule has 0 aliphatic rings. The zero-order chi connectivity index (χ0) is 19.2. The fraction of sp³-hybridized carbons (Fsp3) is 0.211. The predicted molar refractivity (Wildman–Crippen MR) is 110 cm³/mol. The second-order valence-corrected chi connectivity index (χ2v) is 7.43. The van der Waals surface area contributed by atoms with Crippen LogP contribution in [0.4, 0.5) is 5.13 Å². The summed E-state index contributed by atoms with van der Waals surface area (Å²) in [5.74, 6) is 1.10. The van der Waals surface area contributed by atoms with Crippen molar-refractivity contribution >= 4 is 38.3 Å². The van der Waals surface area contributed by atoms with Crippen LogP contribution < -0.4 is 14.8 Å². The van der Waals surface area contributed by atoms with Gasteiger partial charge in [-0.15, -0.1) is 10.2 Å². The first kappa shape index (κ1) is 19.3. The highest BCUT2D eigenvalue weighted by molar-refractivity contribution is 9.10. The van der Waals surface area contributed by atoms with Crippen molar-refractivity contribution in [2.75, 3.05) is 19.0 Å². The Morgan fingerprint density at radius 1 is 1.19 bits per heavy atom. The molecule has 0 bridgehead atoms. The summed E-state index contributed by atoms with van der Waals surface area (Å²) >= 11 is 4.76. The van der Waals surface area contributed by atoms with Gasteiger partial charge in [0.15, 0.2) is 6.61 Å². The molecular formula is C19H18BrN3O3S. The Morgan fingerprint density at radius 3 is 2.63 bits per heavy atom. The number of rotatable bonds is 7. The molecule has 0 radical (unpaired) electrons. The topological polar surface area (TPSA) is 73.3 Å². The highest BCUT2D eigenvalue weighted by Gasteiger charge is 2.11. The molecule has 1 N–H and O–H groups in total. The van der Waals surface area contributed by atoms with Gasteiger partial charge in [0.2, 0.25) is 5.13 Å². The molecule has 1 heterocycles. The Bertz CT molecular complexity index is 928. The first-order valence-corrected chi connectivity index (χ1v) is 9.89. The van der Waals surface area contributed by atoms with Gasteiger partial charge in [-0.1, -0.05) is 24.3 Å². The van der Waals surface area contributed by atoms with Crippen molar-refractivity contribution in [2.45, 2.75) is 13.3 Å². The smallest absolute Gasteiger partial charge is 0.264 e. The highest BCUT2D eigenvalue weighted by atomic mass is 79.9. The molecule has 3 rings (SSSR count). The van der Waals surface area contributed by atoms with Crippen LogP contribution in [0.5, 0.6) is 11.5 Å². The maximum Gasteiger partial charge on any atom is 0.264 e. The number of aryl methyl sites for hydroxylation is 1. The summed E-state index contributed by atoms with van der Waals surface area (Å²) < 4.78 is 11.5. The van der Waals surface area contributed by atoms with Gasteiger partial charge in [0.1, 0.15) is 16.5 Å². The van der Waals surface area contributed by atoms with Crippen molar-refractivity contribution in [3.05, 3.63) is 52.5 Å². The van der Waals surface area contributed by atoms with Gasteiger partial charge in [-0.3, -0.25) is 10.1 Å². The zero-order valence-corrected chi connectivity index (χ0v) is 17.3. The minimum atomic E-state index is -0.293. The summed E-state index contributed by atoms with van der Waals surface area (Å²) in [4.78, 5) is 12.1. The molecule has 27 heavy (non-hydrogen) atoms. The summed E-state index contributed by atoms with van der Waals surface area (Å²) in [5.41, 5.74) is 2.10. The van der Waals surface area contributed by atoms with Crippen LogP contribution in [-0.4, -0.2) is 29.8 Å². The number of carbonyl (C=O) groups excluding carboxylic acids is 1. The Hall–Kier alpha value is -2.45. The van der Waals surface area contributed by atoms with Crippen LogP contribution in [0.1, 0.15) is 12.5 Å². The van der Waals surface area contributed by atoms with E-state index in [0.717, 1.165) is 22.2 Å². The lowest BCUT2D eigenvalue weighted by atomic mass is 10.2. The van der Waals surface area contributed by atoms with Crippen molar-refractivity contribution in [3.8, 4) is 22.1 Å². The monoisotopic (exact) mass is 447 g/mol. The molecule has 1 aromatic heterocycles. The minimum Gasteiger partial charge on any atom is -0.497 e. The molecule has 0 atom stereocenters. The summed E-state index contributed by atoms with van der Waals surface area (Å²) in [6, 6.07) is 13.3. The van der Waals surface area contributed by atoms with Crippen LogP contribution in [0.2, 0.25) is 0 Å². The van der Waals surface area contributed by atoms with E-state index in [1.165, 1.54) is 16.9 Å². The van der Waals surface area contributed by atoms with E-state index in [0.29, 0.717) is 15.9 Å². The Kier molecular flexibility index (Phi) is 6.41. The quantitative estimate of drug-likeness (QED) is 0.574. The van der Waals surface area contributed by atoms with Gasteiger partial charge in [0, 0.05) is 5.56 Å². The molecule has 0 aliphatic heterocycles. The van der Waals surface area contributed by atoms with Gasteiger partial charge in [-0.25, -0.2) is 0 Å².